The van der Waals surface area contributed by atoms with Crippen LogP contribution in [0.1, 0.15) is 38.3 Å². The first-order valence-corrected chi connectivity index (χ1v) is 12.0. The first-order chi connectivity index (χ1) is 14.3. The van der Waals surface area contributed by atoms with Crippen molar-refractivity contribution in [3.63, 3.8) is 0 Å². The van der Waals surface area contributed by atoms with Crippen molar-refractivity contribution in [2.24, 2.45) is 5.92 Å². The van der Waals surface area contributed by atoms with Crippen molar-refractivity contribution in [2.75, 3.05) is 12.3 Å². The number of hydrogen-bond acceptors (Lipinski definition) is 3. The Hall–Kier alpha value is -1.79. The van der Waals surface area contributed by atoms with Crippen LogP contribution >= 0.6 is 27.7 Å². The van der Waals surface area contributed by atoms with E-state index in [0.717, 1.165) is 14.9 Å². The Labute approximate surface area is 192 Å². The average molecular weight is 491 g/mol. The number of nitrogens with zero attached hydrogens (tertiary/aromatic N) is 1. The first-order valence-electron chi connectivity index (χ1n) is 10.3. The Bertz CT molecular complexity index is 822. The minimum absolute atomic E-state index is 0.00951. The SMILES string of the molecule is Cc1ccc(SCCC(=O)N(Cc2ccc(Br)cc2)C(C)C(=O)NCC(C)C)cc1. The van der Waals surface area contributed by atoms with Gasteiger partial charge in [-0.05, 0) is 49.6 Å². The molecule has 2 aromatic rings. The fourth-order valence-corrected chi connectivity index (χ4v) is 3.96. The third-order valence-electron chi connectivity index (χ3n) is 4.72. The van der Waals surface area contributed by atoms with Crippen molar-refractivity contribution >= 4 is 39.5 Å². The Morgan fingerprint density at radius 1 is 1.03 bits per heavy atom. The van der Waals surface area contributed by atoms with E-state index in [9.17, 15) is 9.59 Å². The summed E-state index contributed by atoms with van der Waals surface area (Å²) in [4.78, 5) is 28.6. The van der Waals surface area contributed by atoms with E-state index in [1.165, 1.54) is 5.56 Å². The fraction of sp³-hybridized carbons (Fsp3) is 0.417. The van der Waals surface area contributed by atoms with E-state index in [2.05, 4.69) is 66.3 Å². The van der Waals surface area contributed by atoms with Crippen LogP contribution in [0.15, 0.2) is 57.9 Å². The summed E-state index contributed by atoms with van der Waals surface area (Å²) in [5, 5.41) is 2.95. The standard InChI is InChI=1S/C24H31BrN2O2S/c1-17(2)15-26-24(29)19(4)27(16-20-7-9-21(25)10-8-20)23(28)13-14-30-22-11-5-18(3)6-12-22/h5-12,17,19H,13-16H2,1-4H3,(H,26,29). The van der Waals surface area contributed by atoms with Crippen molar-refractivity contribution in [1.29, 1.82) is 0 Å². The Morgan fingerprint density at radius 3 is 2.27 bits per heavy atom. The van der Waals surface area contributed by atoms with Crippen molar-refractivity contribution in [3.05, 3.63) is 64.1 Å². The molecule has 2 rings (SSSR count). The van der Waals surface area contributed by atoms with Gasteiger partial charge in [-0.3, -0.25) is 9.59 Å². The van der Waals surface area contributed by atoms with Crippen LogP contribution < -0.4 is 5.32 Å². The molecule has 1 unspecified atom stereocenters. The molecule has 0 spiro atoms. The number of rotatable bonds is 10. The van der Waals surface area contributed by atoms with Crippen LogP contribution in [-0.4, -0.2) is 35.1 Å². The fourth-order valence-electron chi connectivity index (χ4n) is 2.86. The normalized spacial score (nSPS) is 11.9. The van der Waals surface area contributed by atoms with Gasteiger partial charge in [-0.15, -0.1) is 11.8 Å². The lowest BCUT2D eigenvalue weighted by atomic mass is 10.1. The summed E-state index contributed by atoms with van der Waals surface area (Å²) in [6, 6.07) is 15.6. The molecule has 0 bridgehead atoms. The van der Waals surface area contributed by atoms with Crippen molar-refractivity contribution in [1.82, 2.24) is 10.2 Å². The van der Waals surface area contributed by atoms with Gasteiger partial charge in [-0.1, -0.05) is 59.6 Å². The summed E-state index contributed by atoms with van der Waals surface area (Å²) >= 11 is 5.10. The van der Waals surface area contributed by atoms with Gasteiger partial charge >= 0.3 is 0 Å². The van der Waals surface area contributed by atoms with Gasteiger partial charge in [0.1, 0.15) is 6.04 Å². The molecule has 2 aromatic carbocycles. The number of carbonyl (C=O) groups excluding carboxylic acids is 2. The largest absolute Gasteiger partial charge is 0.354 e. The highest BCUT2D eigenvalue weighted by molar-refractivity contribution is 9.10. The third-order valence-corrected chi connectivity index (χ3v) is 6.27. The molecule has 0 aliphatic carbocycles. The topological polar surface area (TPSA) is 49.4 Å². The molecule has 0 aromatic heterocycles. The highest BCUT2D eigenvalue weighted by Gasteiger charge is 2.25. The maximum absolute atomic E-state index is 13.1. The van der Waals surface area contributed by atoms with Gasteiger partial charge in [0.25, 0.3) is 0 Å². The maximum atomic E-state index is 13.1. The molecule has 1 N–H and O–H groups in total. The average Bonchev–Trinajstić information content (AvgIpc) is 2.72. The highest BCUT2D eigenvalue weighted by atomic mass is 79.9. The molecule has 1 atom stereocenters. The predicted octanol–water partition coefficient (Wildman–Crippen LogP) is 5.43. The van der Waals surface area contributed by atoms with E-state index in [-0.39, 0.29) is 11.8 Å². The molecule has 6 heteroatoms. The van der Waals surface area contributed by atoms with Gasteiger partial charge in [0.15, 0.2) is 0 Å². The number of aryl methyl sites for hydroxylation is 1. The minimum atomic E-state index is -0.524. The summed E-state index contributed by atoms with van der Waals surface area (Å²) < 4.78 is 0.987. The Kier molecular flexibility index (Phi) is 9.92. The van der Waals surface area contributed by atoms with E-state index >= 15 is 0 Å². The molecule has 0 aliphatic heterocycles. The van der Waals surface area contributed by atoms with Crippen LogP contribution in [0.25, 0.3) is 0 Å². The van der Waals surface area contributed by atoms with E-state index in [1.807, 2.05) is 24.3 Å². The minimum Gasteiger partial charge on any atom is -0.354 e. The lowest BCUT2D eigenvalue weighted by Crippen LogP contribution is -2.48. The molecule has 162 valence electrons. The Morgan fingerprint density at radius 2 is 1.67 bits per heavy atom. The quantitative estimate of drug-likeness (QED) is 0.451. The summed E-state index contributed by atoms with van der Waals surface area (Å²) in [6.07, 6.45) is 0.386. The van der Waals surface area contributed by atoms with Crippen LogP contribution in [0.2, 0.25) is 0 Å². The van der Waals surface area contributed by atoms with Gasteiger partial charge in [0.2, 0.25) is 11.8 Å². The van der Waals surface area contributed by atoms with Crippen molar-refractivity contribution in [2.45, 2.75) is 51.6 Å². The Balaban J connectivity index is 2.04. The van der Waals surface area contributed by atoms with Crippen LogP contribution in [0, 0.1) is 12.8 Å². The summed E-state index contributed by atoms with van der Waals surface area (Å²) in [7, 11) is 0. The second kappa shape index (κ2) is 12.2. The first kappa shape index (κ1) is 24.5. The molecule has 0 fully saturated rings. The number of nitrogens with one attached hydrogen (secondary N) is 1. The molecule has 0 aliphatic rings. The van der Waals surface area contributed by atoms with Gasteiger partial charge in [0.05, 0.1) is 0 Å². The van der Waals surface area contributed by atoms with Gasteiger partial charge < -0.3 is 10.2 Å². The van der Waals surface area contributed by atoms with Crippen LogP contribution in [0.3, 0.4) is 0 Å². The zero-order valence-electron chi connectivity index (χ0n) is 18.2. The molecule has 0 saturated carbocycles. The van der Waals surface area contributed by atoms with E-state index in [0.29, 0.717) is 31.2 Å². The van der Waals surface area contributed by atoms with Gasteiger partial charge in [0, 0.05) is 34.6 Å². The summed E-state index contributed by atoms with van der Waals surface area (Å²) in [5.41, 5.74) is 2.22. The molecular formula is C24H31BrN2O2S. The number of carbonyl (C=O) groups is 2. The van der Waals surface area contributed by atoms with E-state index in [4.69, 9.17) is 0 Å². The molecule has 0 radical (unpaired) electrons. The third kappa shape index (κ3) is 8.15. The number of hydrogen-bond donors (Lipinski definition) is 1. The molecule has 0 heterocycles. The number of amides is 2. The second-order valence-corrected chi connectivity index (χ2v) is 9.96. The summed E-state index contributed by atoms with van der Waals surface area (Å²) in [6.45, 7) is 8.99. The van der Waals surface area contributed by atoms with Crippen LogP contribution in [0.4, 0.5) is 0 Å². The zero-order valence-corrected chi connectivity index (χ0v) is 20.6. The van der Waals surface area contributed by atoms with Crippen LogP contribution in [-0.2, 0) is 16.1 Å². The van der Waals surface area contributed by atoms with E-state index < -0.39 is 6.04 Å². The summed E-state index contributed by atoms with van der Waals surface area (Å²) in [5.74, 6) is 0.923. The smallest absolute Gasteiger partial charge is 0.242 e. The zero-order chi connectivity index (χ0) is 22.1. The predicted molar refractivity (Wildman–Crippen MR) is 129 cm³/mol. The van der Waals surface area contributed by atoms with Gasteiger partial charge in [-0.25, -0.2) is 0 Å². The number of benzene rings is 2. The number of thioether (sulfide) groups is 1. The van der Waals surface area contributed by atoms with Crippen molar-refractivity contribution in [3.8, 4) is 0 Å². The maximum Gasteiger partial charge on any atom is 0.242 e. The van der Waals surface area contributed by atoms with Crippen molar-refractivity contribution < 1.29 is 9.59 Å². The monoisotopic (exact) mass is 490 g/mol. The molecule has 2 amide bonds. The lowest BCUT2D eigenvalue weighted by Gasteiger charge is -2.29. The molecule has 30 heavy (non-hydrogen) atoms. The second-order valence-electron chi connectivity index (χ2n) is 7.87. The van der Waals surface area contributed by atoms with E-state index in [1.54, 1.807) is 23.6 Å². The highest BCUT2D eigenvalue weighted by Crippen LogP contribution is 2.21. The molecule has 4 nitrogen and oxygen atoms in total. The van der Waals surface area contributed by atoms with Gasteiger partial charge in [-0.2, -0.15) is 0 Å². The molecule has 0 saturated heterocycles. The van der Waals surface area contributed by atoms with Crippen LogP contribution in [0.5, 0.6) is 0 Å². The number of halogens is 1. The molecular weight excluding hydrogens is 460 g/mol. The lowest BCUT2D eigenvalue weighted by molar-refractivity contribution is -0.140.